The Bertz CT molecular complexity index is 623. The lowest BCUT2D eigenvalue weighted by atomic mass is 10.0. The molecule has 25 heavy (non-hydrogen) atoms. The minimum Gasteiger partial charge on any atom is -0.342 e. The number of hydrogen-bond acceptors (Lipinski definition) is 2. The van der Waals surface area contributed by atoms with Crippen molar-refractivity contribution in [3.05, 3.63) is 35.4 Å². The molecule has 2 fully saturated rings. The molecule has 0 bridgehead atoms. The maximum atomic E-state index is 12.8. The predicted molar refractivity (Wildman–Crippen MR) is 89.8 cm³/mol. The van der Waals surface area contributed by atoms with E-state index in [1.165, 1.54) is 12.1 Å². The van der Waals surface area contributed by atoms with Crippen molar-refractivity contribution in [1.29, 1.82) is 0 Å². The standard InChI is InChI=1S/C19H25F3N2O/c1-13-10-17(13)18(25)24-8-6-16(7-9-24)23(2)12-14-4-3-5-15(11-14)19(20,21)22/h3-5,11,13,16-17H,6-10,12H2,1-2H3/t13-,17-/m0/s1. The average molecular weight is 354 g/mol. The molecule has 1 aromatic rings. The molecule has 3 rings (SSSR count). The number of amides is 1. The van der Waals surface area contributed by atoms with Gasteiger partial charge in [0.1, 0.15) is 0 Å². The number of carbonyl (C=O) groups is 1. The van der Waals surface area contributed by atoms with Gasteiger partial charge in [0.15, 0.2) is 0 Å². The topological polar surface area (TPSA) is 23.6 Å². The molecule has 3 nitrogen and oxygen atoms in total. The Balaban J connectivity index is 1.53. The van der Waals surface area contributed by atoms with Crippen molar-refractivity contribution in [2.45, 2.75) is 44.9 Å². The fourth-order valence-corrected chi connectivity index (χ4v) is 3.69. The van der Waals surface area contributed by atoms with E-state index in [4.69, 9.17) is 0 Å². The molecule has 0 radical (unpaired) electrons. The van der Waals surface area contributed by atoms with E-state index < -0.39 is 11.7 Å². The first-order valence-electron chi connectivity index (χ1n) is 8.91. The fourth-order valence-electron chi connectivity index (χ4n) is 3.69. The van der Waals surface area contributed by atoms with Crippen molar-refractivity contribution < 1.29 is 18.0 Å². The molecule has 0 aromatic heterocycles. The van der Waals surface area contributed by atoms with Crippen LogP contribution < -0.4 is 0 Å². The van der Waals surface area contributed by atoms with Crippen molar-refractivity contribution in [3.8, 4) is 0 Å². The highest BCUT2D eigenvalue weighted by atomic mass is 19.4. The SMILES string of the molecule is C[C@H]1C[C@@H]1C(=O)N1CCC(N(C)Cc2cccc(C(F)(F)F)c2)CC1. The lowest BCUT2D eigenvalue weighted by molar-refractivity contribution is -0.137. The lowest BCUT2D eigenvalue weighted by Gasteiger charge is -2.37. The maximum Gasteiger partial charge on any atom is 0.416 e. The second-order valence-corrected chi connectivity index (χ2v) is 7.49. The van der Waals surface area contributed by atoms with Crippen molar-refractivity contribution in [2.75, 3.05) is 20.1 Å². The highest BCUT2D eigenvalue weighted by molar-refractivity contribution is 5.81. The Morgan fingerprint density at radius 1 is 1.28 bits per heavy atom. The van der Waals surface area contributed by atoms with Crippen molar-refractivity contribution >= 4 is 5.91 Å². The third kappa shape index (κ3) is 4.35. The summed E-state index contributed by atoms with van der Waals surface area (Å²) in [5.74, 6) is 1.03. The summed E-state index contributed by atoms with van der Waals surface area (Å²) < 4.78 is 38.5. The zero-order valence-corrected chi connectivity index (χ0v) is 14.7. The fraction of sp³-hybridized carbons (Fsp3) is 0.632. The molecule has 1 saturated carbocycles. The van der Waals surface area contributed by atoms with Crippen LogP contribution in [0.3, 0.4) is 0 Å². The van der Waals surface area contributed by atoms with E-state index in [0.29, 0.717) is 24.1 Å². The second kappa shape index (κ2) is 6.98. The summed E-state index contributed by atoms with van der Waals surface area (Å²) >= 11 is 0. The number of hydrogen-bond donors (Lipinski definition) is 0. The molecule has 0 spiro atoms. The molecule has 2 atom stereocenters. The smallest absolute Gasteiger partial charge is 0.342 e. The van der Waals surface area contributed by atoms with Crippen LogP contribution in [-0.4, -0.2) is 41.9 Å². The minimum atomic E-state index is -4.31. The van der Waals surface area contributed by atoms with Gasteiger partial charge in [-0.15, -0.1) is 0 Å². The Hall–Kier alpha value is -1.56. The van der Waals surface area contributed by atoms with Gasteiger partial charge in [-0.3, -0.25) is 9.69 Å². The van der Waals surface area contributed by atoms with Gasteiger partial charge in [0, 0.05) is 31.6 Å². The van der Waals surface area contributed by atoms with Crippen molar-refractivity contribution in [2.24, 2.45) is 11.8 Å². The van der Waals surface area contributed by atoms with Gasteiger partial charge in [0.25, 0.3) is 0 Å². The summed E-state index contributed by atoms with van der Waals surface area (Å²) in [7, 11) is 1.95. The first-order valence-corrected chi connectivity index (χ1v) is 8.91. The van der Waals surface area contributed by atoms with E-state index in [1.54, 1.807) is 6.07 Å². The van der Waals surface area contributed by atoms with Crippen LogP contribution in [0.5, 0.6) is 0 Å². The molecular formula is C19H25F3N2O. The summed E-state index contributed by atoms with van der Waals surface area (Å²) in [6.07, 6.45) is -1.54. The first kappa shape index (κ1) is 18.2. The number of nitrogens with zero attached hydrogens (tertiary/aromatic N) is 2. The number of benzene rings is 1. The largest absolute Gasteiger partial charge is 0.416 e. The summed E-state index contributed by atoms with van der Waals surface area (Å²) in [5.41, 5.74) is 0.0694. The second-order valence-electron chi connectivity index (χ2n) is 7.49. The molecule has 1 aliphatic heterocycles. The number of piperidine rings is 1. The van der Waals surface area contributed by atoms with Crippen LogP contribution in [0.4, 0.5) is 13.2 Å². The number of rotatable bonds is 4. The van der Waals surface area contributed by atoms with Crippen molar-refractivity contribution in [1.82, 2.24) is 9.80 Å². The highest BCUT2D eigenvalue weighted by Crippen LogP contribution is 2.39. The Kier molecular flexibility index (Phi) is 5.09. The number of likely N-dealkylation sites (tertiary alicyclic amines) is 1. The minimum absolute atomic E-state index is 0.222. The van der Waals surface area contributed by atoms with Crippen LogP contribution in [0.1, 0.15) is 37.3 Å². The van der Waals surface area contributed by atoms with E-state index in [-0.39, 0.29) is 11.8 Å². The first-order chi connectivity index (χ1) is 11.8. The van der Waals surface area contributed by atoms with Gasteiger partial charge in [-0.05, 0) is 43.9 Å². The monoisotopic (exact) mass is 354 g/mol. The van der Waals surface area contributed by atoms with E-state index in [1.807, 2.05) is 11.9 Å². The average Bonchev–Trinajstić information content (AvgIpc) is 3.30. The Morgan fingerprint density at radius 3 is 2.48 bits per heavy atom. The van der Waals surface area contributed by atoms with E-state index in [9.17, 15) is 18.0 Å². The van der Waals surface area contributed by atoms with Gasteiger partial charge in [-0.1, -0.05) is 25.1 Å². The van der Waals surface area contributed by atoms with Crippen LogP contribution in [0, 0.1) is 11.8 Å². The van der Waals surface area contributed by atoms with Gasteiger partial charge >= 0.3 is 6.18 Å². The Morgan fingerprint density at radius 2 is 1.92 bits per heavy atom. The van der Waals surface area contributed by atoms with Crippen LogP contribution in [0.25, 0.3) is 0 Å². The predicted octanol–water partition coefficient (Wildman–Crippen LogP) is 3.78. The maximum absolute atomic E-state index is 12.8. The van der Waals surface area contributed by atoms with Crippen LogP contribution >= 0.6 is 0 Å². The summed E-state index contributed by atoms with van der Waals surface area (Å²) in [4.78, 5) is 16.3. The molecule has 1 saturated heterocycles. The molecule has 0 N–H and O–H groups in total. The highest BCUT2D eigenvalue weighted by Gasteiger charge is 2.42. The molecule has 1 amide bonds. The van der Waals surface area contributed by atoms with Gasteiger partial charge in [0.05, 0.1) is 5.56 Å². The Labute approximate surface area is 146 Å². The summed E-state index contributed by atoms with van der Waals surface area (Å²) in [5, 5.41) is 0. The zero-order chi connectivity index (χ0) is 18.2. The van der Waals surface area contributed by atoms with Crippen LogP contribution in [0.2, 0.25) is 0 Å². The molecular weight excluding hydrogens is 329 g/mol. The third-order valence-corrected chi connectivity index (χ3v) is 5.51. The van der Waals surface area contributed by atoms with Gasteiger partial charge in [-0.25, -0.2) is 0 Å². The molecule has 1 aliphatic carbocycles. The lowest BCUT2D eigenvalue weighted by Crippen LogP contribution is -2.45. The van der Waals surface area contributed by atoms with E-state index >= 15 is 0 Å². The molecule has 1 aromatic carbocycles. The number of carbonyl (C=O) groups excluding carboxylic acids is 1. The van der Waals surface area contributed by atoms with E-state index in [2.05, 4.69) is 11.8 Å². The molecule has 2 aliphatic rings. The molecule has 6 heteroatoms. The number of alkyl halides is 3. The van der Waals surface area contributed by atoms with Gasteiger partial charge in [0.2, 0.25) is 5.91 Å². The molecule has 138 valence electrons. The van der Waals surface area contributed by atoms with Crippen LogP contribution in [-0.2, 0) is 17.5 Å². The zero-order valence-electron chi connectivity index (χ0n) is 14.7. The van der Waals surface area contributed by atoms with Crippen LogP contribution in [0.15, 0.2) is 24.3 Å². The number of halogens is 3. The summed E-state index contributed by atoms with van der Waals surface area (Å²) in [6.45, 7) is 4.10. The summed E-state index contributed by atoms with van der Waals surface area (Å²) in [6, 6.07) is 5.83. The van der Waals surface area contributed by atoms with Crippen molar-refractivity contribution in [3.63, 3.8) is 0 Å². The van der Waals surface area contributed by atoms with E-state index in [0.717, 1.165) is 38.4 Å². The van der Waals surface area contributed by atoms with Gasteiger partial charge < -0.3 is 4.90 Å². The third-order valence-electron chi connectivity index (χ3n) is 5.51. The quantitative estimate of drug-likeness (QED) is 0.821. The molecule has 1 heterocycles. The van der Waals surface area contributed by atoms with Gasteiger partial charge in [-0.2, -0.15) is 13.2 Å². The normalized spacial score (nSPS) is 24.6. The molecule has 0 unspecified atom stereocenters.